The van der Waals surface area contributed by atoms with Crippen LogP contribution in [0.4, 0.5) is 27.1 Å². The normalized spacial score (nSPS) is 17.8. The van der Waals surface area contributed by atoms with Gasteiger partial charge in [-0.1, -0.05) is 11.3 Å². The van der Waals surface area contributed by atoms with Gasteiger partial charge in [-0.25, -0.2) is 23.5 Å². The van der Waals surface area contributed by atoms with Crippen LogP contribution in [0.3, 0.4) is 0 Å². The predicted octanol–water partition coefficient (Wildman–Crippen LogP) is 4.35. The number of carbonyl (C=O) groups excluding carboxylic acids is 1. The second-order valence-electron chi connectivity index (χ2n) is 7.95. The molecule has 0 saturated heterocycles. The first-order chi connectivity index (χ1) is 17.3. The fraction of sp³-hybridized carbons (Fsp3) is 0.286. The first-order valence-electron chi connectivity index (χ1n) is 10.3. The highest BCUT2D eigenvalue weighted by Crippen LogP contribution is 2.38. The molecule has 196 valence electrons. The Hall–Kier alpha value is -3.53. The Bertz CT molecular complexity index is 1570. The van der Waals surface area contributed by atoms with Crippen LogP contribution >= 0.6 is 11.3 Å². The van der Waals surface area contributed by atoms with E-state index in [0.29, 0.717) is 43.2 Å². The number of aromatic nitrogens is 4. The molecule has 16 heteroatoms. The lowest BCUT2D eigenvalue weighted by Crippen LogP contribution is -2.21. The molecule has 4 aromatic rings. The summed E-state index contributed by atoms with van der Waals surface area (Å²) in [6, 6.07) is 3.44. The van der Waals surface area contributed by atoms with Crippen LogP contribution in [0.5, 0.6) is 0 Å². The van der Waals surface area contributed by atoms with Gasteiger partial charge in [-0.05, 0) is 31.0 Å². The highest BCUT2D eigenvalue weighted by atomic mass is 32.2. The minimum atomic E-state index is -5.08. The molecule has 1 amide bonds. The third kappa shape index (κ3) is 5.29. The molecule has 0 spiro atoms. The zero-order chi connectivity index (χ0) is 27.2. The quantitative estimate of drug-likeness (QED) is 0.315. The number of H-pyrrole nitrogens is 1. The van der Waals surface area contributed by atoms with Gasteiger partial charge >= 0.3 is 12.1 Å². The van der Waals surface area contributed by atoms with Crippen LogP contribution in [0, 0.1) is 18.7 Å². The number of fused-ring (bicyclic) bond motifs is 2. The average molecular weight is 562 g/mol. The number of hydrogen-bond acceptors (Lipinski definition) is 7. The summed E-state index contributed by atoms with van der Waals surface area (Å²) in [6.07, 6.45) is -2.95. The molecule has 37 heavy (non-hydrogen) atoms. The molecule has 5 rings (SSSR count). The second-order valence-corrected chi connectivity index (χ2v) is 10.2. The molecule has 1 aliphatic rings. The molecule has 1 unspecified atom stereocenters. The van der Waals surface area contributed by atoms with Crippen LogP contribution in [-0.2, 0) is 20.4 Å². The Kier molecular flexibility index (Phi) is 6.98. The van der Waals surface area contributed by atoms with Crippen LogP contribution in [0.1, 0.15) is 12.0 Å². The number of nitrogens with zero attached hydrogens (tertiary/aromatic N) is 3. The molecule has 3 N–H and O–H groups in total. The number of aromatic amines is 1. The summed E-state index contributed by atoms with van der Waals surface area (Å²) in [5, 5.41) is 17.4. The minimum absolute atomic E-state index is 0.0823. The van der Waals surface area contributed by atoms with Crippen molar-refractivity contribution in [2.24, 2.45) is 5.92 Å². The SMILES string of the molecule is Cc1c(F)c(S(C)=O)c2[nH]ncc2c1-c1ccc2nc(NC(=O)[C@@H]3C[C@@H]3F)sc2n1.O=C(O)C(F)(F)F. The lowest BCUT2D eigenvalue weighted by Gasteiger charge is -2.11. The van der Waals surface area contributed by atoms with Crippen LogP contribution in [0.15, 0.2) is 23.2 Å². The smallest absolute Gasteiger partial charge is 0.475 e. The lowest BCUT2D eigenvalue weighted by atomic mass is 10.00. The summed E-state index contributed by atoms with van der Waals surface area (Å²) < 4.78 is 71.9. The second kappa shape index (κ2) is 9.74. The average Bonchev–Trinajstić information content (AvgIpc) is 3.16. The number of anilines is 1. The van der Waals surface area contributed by atoms with E-state index in [4.69, 9.17) is 9.90 Å². The zero-order valence-corrected chi connectivity index (χ0v) is 20.4. The molecule has 1 saturated carbocycles. The van der Waals surface area contributed by atoms with Crippen molar-refractivity contribution in [1.29, 1.82) is 0 Å². The number of carboxylic acid groups (broad SMARTS) is 1. The van der Waals surface area contributed by atoms with Crippen molar-refractivity contribution in [3.05, 3.63) is 29.7 Å². The summed E-state index contributed by atoms with van der Waals surface area (Å²) in [5.41, 5.74) is 2.32. The van der Waals surface area contributed by atoms with E-state index < -0.39 is 40.9 Å². The van der Waals surface area contributed by atoms with E-state index in [1.165, 1.54) is 6.26 Å². The van der Waals surface area contributed by atoms with E-state index in [0.717, 1.165) is 11.3 Å². The molecule has 0 radical (unpaired) electrons. The fourth-order valence-electron chi connectivity index (χ4n) is 3.48. The van der Waals surface area contributed by atoms with Gasteiger partial charge in [0.25, 0.3) is 0 Å². The number of hydrogen-bond donors (Lipinski definition) is 3. The van der Waals surface area contributed by atoms with Gasteiger partial charge in [0.15, 0.2) is 5.13 Å². The molecule has 3 heterocycles. The van der Waals surface area contributed by atoms with E-state index in [1.54, 1.807) is 25.3 Å². The Morgan fingerprint density at radius 2 is 1.92 bits per heavy atom. The monoisotopic (exact) mass is 561 g/mol. The van der Waals surface area contributed by atoms with Crippen molar-refractivity contribution in [3.8, 4) is 11.3 Å². The molecule has 3 aromatic heterocycles. The number of carboxylic acids is 1. The maximum atomic E-state index is 15.0. The van der Waals surface area contributed by atoms with Gasteiger partial charge in [0.2, 0.25) is 5.91 Å². The van der Waals surface area contributed by atoms with Gasteiger partial charge in [0.05, 0.1) is 34.1 Å². The Morgan fingerprint density at radius 1 is 1.27 bits per heavy atom. The number of carbonyl (C=O) groups is 2. The third-order valence-electron chi connectivity index (χ3n) is 5.36. The number of aliphatic carboxylic acids is 1. The minimum Gasteiger partial charge on any atom is -0.475 e. The van der Waals surface area contributed by atoms with Crippen molar-refractivity contribution >= 4 is 60.4 Å². The van der Waals surface area contributed by atoms with Gasteiger partial charge < -0.3 is 10.4 Å². The zero-order valence-electron chi connectivity index (χ0n) is 18.8. The highest BCUT2D eigenvalue weighted by molar-refractivity contribution is 7.84. The summed E-state index contributed by atoms with van der Waals surface area (Å²) in [5.74, 6) is -4.31. The lowest BCUT2D eigenvalue weighted by molar-refractivity contribution is -0.192. The van der Waals surface area contributed by atoms with Crippen molar-refractivity contribution in [3.63, 3.8) is 0 Å². The van der Waals surface area contributed by atoms with E-state index in [-0.39, 0.29) is 17.2 Å². The highest BCUT2D eigenvalue weighted by Gasteiger charge is 2.44. The standard InChI is InChI=1S/C19H15F2N5O2S2.C2HF3O2/c1-7-13(9-6-22-26-15(9)16(14(7)21)30(2)28)11-3-4-12-18(23-11)29-19(24-12)25-17(27)8-5-10(8)20;3-2(4,5)1(6)7/h3-4,6,8,10H,5H2,1-2H3,(H,22,26)(H,24,25,27);(H,6,7)/t8-,10+,30?;/m1./s1. The molecular formula is C21H16F5N5O4S2. The maximum Gasteiger partial charge on any atom is 0.490 e. The van der Waals surface area contributed by atoms with Gasteiger partial charge in [-0.15, -0.1) is 0 Å². The van der Waals surface area contributed by atoms with Crippen molar-refractivity contribution in [2.45, 2.75) is 30.6 Å². The first-order valence-corrected chi connectivity index (χ1v) is 12.7. The molecule has 1 aromatic carbocycles. The Morgan fingerprint density at radius 3 is 2.49 bits per heavy atom. The number of nitrogens with one attached hydrogen (secondary N) is 2. The maximum absolute atomic E-state index is 15.0. The molecule has 3 atom stereocenters. The number of halogens is 5. The molecule has 0 aliphatic heterocycles. The van der Waals surface area contributed by atoms with E-state index in [2.05, 4.69) is 25.5 Å². The fourth-order valence-corrected chi connectivity index (χ4v) is 5.17. The molecule has 1 aliphatic carbocycles. The number of thiazole rings is 1. The van der Waals surface area contributed by atoms with E-state index in [1.807, 2.05) is 0 Å². The molecule has 1 fully saturated rings. The van der Waals surface area contributed by atoms with Crippen LogP contribution < -0.4 is 5.32 Å². The first kappa shape index (κ1) is 26.5. The number of amides is 1. The molecule has 9 nitrogen and oxygen atoms in total. The summed E-state index contributed by atoms with van der Waals surface area (Å²) in [7, 11) is -1.54. The van der Waals surface area contributed by atoms with Crippen molar-refractivity contribution in [1.82, 2.24) is 20.2 Å². The van der Waals surface area contributed by atoms with Crippen molar-refractivity contribution < 1.29 is 40.9 Å². The van der Waals surface area contributed by atoms with Gasteiger partial charge in [-0.2, -0.15) is 18.3 Å². The number of rotatable bonds is 4. The topological polar surface area (TPSA) is 138 Å². The third-order valence-corrected chi connectivity index (χ3v) is 7.20. The Labute approximate surface area is 210 Å². The molecule has 0 bridgehead atoms. The van der Waals surface area contributed by atoms with Gasteiger partial charge in [0.1, 0.15) is 27.2 Å². The van der Waals surface area contributed by atoms with E-state index in [9.17, 15) is 26.6 Å². The van der Waals surface area contributed by atoms with Gasteiger partial charge in [-0.3, -0.25) is 14.1 Å². The number of alkyl halides is 4. The van der Waals surface area contributed by atoms with Crippen LogP contribution in [0.2, 0.25) is 0 Å². The summed E-state index contributed by atoms with van der Waals surface area (Å²) >= 11 is 1.16. The van der Waals surface area contributed by atoms with Crippen molar-refractivity contribution in [2.75, 3.05) is 11.6 Å². The number of pyridine rings is 1. The van der Waals surface area contributed by atoms with Crippen LogP contribution in [-0.4, -0.2) is 60.0 Å². The van der Waals surface area contributed by atoms with E-state index >= 15 is 4.39 Å². The molecular weight excluding hydrogens is 545 g/mol. The Balaban J connectivity index is 0.000000405. The number of benzene rings is 1. The predicted molar refractivity (Wildman–Crippen MR) is 125 cm³/mol. The van der Waals surface area contributed by atoms with Crippen LogP contribution in [0.25, 0.3) is 32.5 Å². The van der Waals surface area contributed by atoms with Gasteiger partial charge in [0, 0.05) is 17.2 Å². The summed E-state index contributed by atoms with van der Waals surface area (Å²) in [6.45, 7) is 1.61. The summed E-state index contributed by atoms with van der Waals surface area (Å²) in [4.78, 5) is 30.4. The largest absolute Gasteiger partial charge is 0.490 e.